The van der Waals surface area contributed by atoms with E-state index in [0.29, 0.717) is 12.2 Å². The zero-order valence-electron chi connectivity index (χ0n) is 11.5. The Morgan fingerprint density at radius 3 is 2.67 bits per heavy atom. The van der Waals surface area contributed by atoms with E-state index in [1.807, 2.05) is 18.5 Å². The summed E-state index contributed by atoms with van der Waals surface area (Å²) in [6.07, 6.45) is 0.571. The first-order valence-corrected chi connectivity index (χ1v) is 7.02. The van der Waals surface area contributed by atoms with Gasteiger partial charge in [-0.2, -0.15) is 13.2 Å². The highest BCUT2D eigenvalue weighted by molar-refractivity contribution is 6.30. The van der Waals surface area contributed by atoms with Gasteiger partial charge >= 0.3 is 6.18 Å². The third-order valence-electron chi connectivity index (χ3n) is 3.02. The van der Waals surface area contributed by atoms with Crippen LogP contribution >= 0.6 is 11.6 Å². The van der Waals surface area contributed by atoms with Crippen LogP contribution in [0, 0.1) is 0 Å². The lowest BCUT2D eigenvalue weighted by molar-refractivity contribution is -0.137. The van der Waals surface area contributed by atoms with Crippen molar-refractivity contribution in [2.24, 2.45) is 0 Å². The molecule has 0 amide bonds. The van der Waals surface area contributed by atoms with Gasteiger partial charge in [-0.3, -0.25) is 0 Å². The molecule has 114 valence electrons. The summed E-state index contributed by atoms with van der Waals surface area (Å²) in [5.41, 5.74) is 0.621. The van der Waals surface area contributed by atoms with Gasteiger partial charge < -0.3 is 9.88 Å². The third kappa shape index (κ3) is 4.43. The van der Waals surface area contributed by atoms with Crippen molar-refractivity contribution in [3.05, 3.63) is 52.8 Å². The van der Waals surface area contributed by atoms with Gasteiger partial charge in [0.15, 0.2) is 0 Å². The molecule has 2 rings (SSSR count). The summed E-state index contributed by atoms with van der Waals surface area (Å²) in [5, 5.41) is 3.04. The highest BCUT2D eigenvalue weighted by Crippen LogP contribution is 2.33. The van der Waals surface area contributed by atoms with Crippen molar-refractivity contribution in [1.29, 1.82) is 0 Å². The fourth-order valence-electron chi connectivity index (χ4n) is 2.05. The van der Waals surface area contributed by atoms with Crippen LogP contribution in [-0.2, 0) is 19.3 Å². The number of alkyl halides is 3. The molecule has 0 atom stereocenters. The Bertz CT molecular complexity index is 605. The van der Waals surface area contributed by atoms with E-state index >= 15 is 0 Å². The Morgan fingerprint density at radius 1 is 1.24 bits per heavy atom. The zero-order valence-corrected chi connectivity index (χ0v) is 12.3. The standard InChI is InChI=1S/C15H16ClF3N2/c1-2-4-21-5-3-11(10-21)9-20-14-7-12(15(17,18)19)6-13(16)8-14/h3,5-8,10,20H,2,4,9H2,1H3. The number of aryl methyl sites for hydroxylation is 1. The summed E-state index contributed by atoms with van der Waals surface area (Å²) < 4.78 is 40.2. The molecule has 0 unspecified atom stereocenters. The van der Waals surface area contributed by atoms with Gasteiger partial charge in [-0.1, -0.05) is 18.5 Å². The summed E-state index contributed by atoms with van der Waals surface area (Å²) in [7, 11) is 0. The summed E-state index contributed by atoms with van der Waals surface area (Å²) >= 11 is 5.74. The zero-order chi connectivity index (χ0) is 15.5. The number of aromatic nitrogens is 1. The van der Waals surface area contributed by atoms with Crippen LogP contribution in [0.3, 0.4) is 0 Å². The number of hydrogen-bond acceptors (Lipinski definition) is 1. The first kappa shape index (κ1) is 15.8. The maximum Gasteiger partial charge on any atom is 0.416 e. The molecule has 0 aliphatic rings. The average molecular weight is 317 g/mol. The van der Waals surface area contributed by atoms with E-state index in [-0.39, 0.29) is 5.02 Å². The van der Waals surface area contributed by atoms with Gasteiger partial charge in [0, 0.05) is 36.2 Å². The smallest absolute Gasteiger partial charge is 0.381 e. The number of hydrogen-bond donors (Lipinski definition) is 1. The minimum Gasteiger partial charge on any atom is -0.381 e. The second-order valence-corrected chi connectivity index (χ2v) is 5.27. The molecule has 0 saturated heterocycles. The van der Waals surface area contributed by atoms with Gasteiger partial charge in [-0.25, -0.2) is 0 Å². The summed E-state index contributed by atoms with van der Waals surface area (Å²) in [6, 6.07) is 5.41. The number of nitrogens with zero attached hydrogens (tertiary/aromatic N) is 1. The summed E-state index contributed by atoms with van der Waals surface area (Å²) in [6.45, 7) is 3.46. The SMILES string of the molecule is CCCn1ccc(CNc2cc(Cl)cc(C(F)(F)F)c2)c1. The molecular weight excluding hydrogens is 301 g/mol. The first-order valence-electron chi connectivity index (χ1n) is 6.65. The van der Waals surface area contributed by atoms with E-state index in [4.69, 9.17) is 11.6 Å². The average Bonchev–Trinajstić information content (AvgIpc) is 2.83. The summed E-state index contributed by atoms with van der Waals surface area (Å²) in [4.78, 5) is 0. The summed E-state index contributed by atoms with van der Waals surface area (Å²) in [5.74, 6) is 0. The number of anilines is 1. The molecule has 1 heterocycles. The normalized spacial score (nSPS) is 11.7. The van der Waals surface area contributed by atoms with Gasteiger partial charge in [0.1, 0.15) is 0 Å². The number of halogens is 4. The molecule has 0 saturated carbocycles. The van der Waals surface area contributed by atoms with Gasteiger partial charge in [0.05, 0.1) is 5.56 Å². The predicted octanol–water partition coefficient (Wildman–Crippen LogP) is 5.18. The Morgan fingerprint density at radius 2 is 2.00 bits per heavy atom. The lowest BCUT2D eigenvalue weighted by Crippen LogP contribution is -2.06. The highest BCUT2D eigenvalue weighted by Gasteiger charge is 2.31. The molecule has 6 heteroatoms. The van der Waals surface area contributed by atoms with Gasteiger partial charge in [-0.05, 0) is 36.2 Å². The van der Waals surface area contributed by atoms with E-state index in [1.165, 1.54) is 6.07 Å². The fourth-order valence-corrected chi connectivity index (χ4v) is 2.29. The van der Waals surface area contributed by atoms with Crippen molar-refractivity contribution in [2.45, 2.75) is 32.6 Å². The van der Waals surface area contributed by atoms with Crippen molar-refractivity contribution in [3.8, 4) is 0 Å². The minimum atomic E-state index is -4.40. The number of nitrogens with one attached hydrogen (secondary N) is 1. The molecule has 21 heavy (non-hydrogen) atoms. The van der Waals surface area contributed by atoms with Crippen LogP contribution in [0.4, 0.5) is 18.9 Å². The van der Waals surface area contributed by atoms with Gasteiger partial charge in [-0.15, -0.1) is 0 Å². The maximum absolute atomic E-state index is 12.7. The third-order valence-corrected chi connectivity index (χ3v) is 3.23. The molecule has 0 spiro atoms. The predicted molar refractivity (Wildman–Crippen MR) is 78.5 cm³/mol. The van der Waals surface area contributed by atoms with Crippen LogP contribution in [0.25, 0.3) is 0 Å². The molecule has 0 aliphatic carbocycles. The van der Waals surface area contributed by atoms with Crippen molar-refractivity contribution in [2.75, 3.05) is 5.32 Å². The molecule has 1 aromatic heterocycles. The minimum absolute atomic E-state index is 0.0656. The molecule has 2 aromatic rings. The molecule has 1 N–H and O–H groups in total. The van der Waals surface area contributed by atoms with Crippen LogP contribution in [0.2, 0.25) is 5.02 Å². The van der Waals surface area contributed by atoms with E-state index in [1.54, 1.807) is 0 Å². The largest absolute Gasteiger partial charge is 0.416 e. The van der Waals surface area contributed by atoms with Crippen LogP contribution < -0.4 is 5.32 Å². The molecular formula is C15H16ClF3N2. The van der Waals surface area contributed by atoms with Crippen LogP contribution in [0.5, 0.6) is 0 Å². The molecule has 0 fully saturated rings. The van der Waals surface area contributed by atoms with E-state index in [2.05, 4.69) is 16.8 Å². The van der Waals surface area contributed by atoms with E-state index in [0.717, 1.165) is 30.7 Å². The maximum atomic E-state index is 12.7. The molecule has 0 radical (unpaired) electrons. The second kappa shape index (κ2) is 6.43. The first-order chi connectivity index (χ1) is 9.88. The van der Waals surface area contributed by atoms with Crippen LogP contribution in [-0.4, -0.2) is 4.57 Å². The van der Waals surface area contributed by atoms with Crippen molar-refractivity contribution in [1.82, 2.24) is 4.57 Å². The van der Waals surface area contributed by atoms with Crippen molar-refractivity contribution in [3.63, 3.8) is 0 Å². The fraction of sp³-hybridized carbons (Fsp3) is 0.333. The Balaban J connectivity index is 2.07. The quantitative estimate of drug-likeness (QED) is 0.804. The number of rotatable bonds is 5. The van der Waals surface area contributed by atoms with Crippen molar-refractivity contribution >= 4 is 17.3 Å². The van der Waals surface area contributed by atoms with Crippen molar-refractivity contribution < 1.29 is 13.2 Å². The molecule has 0 aliphatic heterocycles. The van der Waals surface area contributed by atoms with Crippen LogP contribution in [0.1, 0.15) is 24.5 Å². The molecule has 2 nitrogen and oxygen atoms in total. The number of benzene rings is 1. The Hall–Kier alpha value is -1.62. The van der Waals surface area contributed by atoms with Crippen LogP contribution in [0.15, 0.2) is 36.7 Å². The highest BCUT2D eigenvalue weighted by atomic mass is 35.5. The van der Waals surface area contributed by atoms with Gasteiger partial charge in [0.25, 0.3) is 0 Å². The lowest BCUT2D eigenvalue weighted by Gasteiger charge is -2.11. The lowest BCUT2D eigenvalue weighted by atomic mass is 10.2. The molecule has 0 bridgehead atoms. The molecule has 1 aromatic carbocycles. The van der Waals surface area contributed by atoms with E-state index in [9.17, 15) is 13.2 Å². The van der Waals surface area contributed by atoms with Gasteiger partial charge in [0.2, 0.25) is 0 Å². The monoisotopic (exact) mass is 316 g/mol. The second-order valence-electron chi connectivity index (χ2n) is 4.84. The van der Waals surface area contributed by atoms with E-state index < -0.39 is 11.7 Å². The Kier molecular flexibility index (Phi) is 4.83. The Labute approximate surface area is 126 Å². The topological polar surface area (TPSA) is 17.0 Å².